The van der Waals surface area contributed by atoms with Crippen LogP contribution in [0.4, 0.5) is 10.1 Å². The van der Waals surface area contributed by atoms with Gasteiger partial charge in [0.2, 0.25) is 5.91 Å². The minimum absolute atomic E-state index is 0. The Morgan fingerprint density at radius 2 is 2.08 bits per heavy atom. The Morgan fingerprint density at radius 1 is 1.38 bits per heavy atom. The molecule has 1 aromatic carbocycles. The topological polar surface area (TPSA) is 56.7 Å². The minimum atomic E-state index is -0.324. The second kappa shape index (κ2) is 10.5. The summed E-state index contributed by atoms with van der Waals surface area (Å²) in [6.45, 7) is 6.99. The smallest absolute Gasteiger partial charge is 0.246 e. The zero-order valence-electron chi connectivity index (χ0n) is 14.2. The fraction of sp³-hybridized carbons (Fsp3) is 0.529. The van der Waals surface area contributed by atoms with Crippen molar-refractivity contribution in [2.45, 2.75) is 26.7 Å². The molecule has 1 fully saturated rings. The van der Waals surface area contributed by atoms with Crippen molar-refractivity contribution in [3.63, 3.8) is 0 Å². The van der Waals surface area contributed by atoms with Gasteiger partial charge in [-0.1, -0.05) is 6.92 Å². The van der Waals surface area contributed by atoms with Crippen molar-refractivity contribution in [1.29, 1.82) is 0 Å². The second-order valence-corrected chi connectivity index (χ2v) is 5.92. The van der Waals surface area contributed by atoms with Crippen molar-refractivity contribution in [3.8, 4) is 0 Å². The standard InChI is InChI=1S/C17H25FN4O.HI/c1-3-19-17(22-10-4-5-13(2)12-22)20-11-16(23)21-15-8-6-14(18)7-9-15;/h6-9,13H,3-5,10-12H2,1-2H3,(H,19,20)(H,21,23);1H. The number of carbonyl (C=O) groups is 1. The highest BCUT2D eigenvalue weighted by Crippen LogP contribution is 2.15. The third-order valence-electron chi connectivity index (χ3n) is 3.79. The maximum Gasteiger partial charge on any atom is 0.246 e. The fourth-order valence-corrected chi connectivity index (χ4v) is 2.69. The summed E-state index contributed by atoms with van der Waals surface area (Å²) in [6, 6.07) is 5.71. The summed E-state index contributed by atoms with van der Waals surface area (Å²) in [4.78, 5) is 18.6. The molecule has 0 aliphatic carbocycles. The molecule has 0 spiro atoms. The molecule has 1 saturated heterocycles. The van der Waals surface area contributed by atoms with Crippen LogP contribution in [-0.2, 0) is 4.79 Å². The van der Waals surface area contributed by atoms with Crippen LogP contribution in [0.1, 0.15) is 26.7 Å². The number of anilines is 1. The number of halogens is 2. The molecule has 2 rings (SSSR count). The van der Waals surface area contributed by atoms with Gasteiger partial charge in [0.05, 0.1) is 0 Å². The highest BCUT2D eigenvalue weighted by Gasteiger charge is 2.19. The second-order valence-electron chi connectivity index (χ2n) is 5.92. The Balaban J connectivity index is 0.00000288. The molecule has 0 aromatic heterocycles. The van der Waals surface area contributed by atoms with Gasteiger partial charge in [0.15, 0.2) is 5.96 Å². The third-order valence-corrected chi connectivity index (χ3v) is 3.79. The van der Waals surface area contributed by atoms with E-state index in [2.05, 4.69) is 27.4 Å². The molecule has 1 unspecified atom stereocenters. The van der Waals surface area contributed by atoms with Crippen LogP contribution in [0.15, 0.2) is 29.3 Å². The van der Waals surface area contributed by atoms with E-state index in [1.807, 2.05) is 6.92 Å². The van der Waals surface area contributed by atoms with Gasteiger partial charge in [-0.3, -0.25) is 4.79 Å². The predicted octanol–water partition coefficient (Wildman–Crippen LogP) is 3.08. The molecule has 0 saturated carbocycles. The Morgan fingerprint density at radius 3 is 2.71 bits per heavy atom. The Labute approximate surface area is 160 Å². The highest BCUT2D eigenvalue weighted by molar-refractivity contribution is 14.0. The van der Waals surface area contributed by atoms with Crippen molar-refractivity contribution in [2.75, 3.05) is 31.5 Å². The summed E-state index contributed by atoms with van der Waals surface area (Å²) in [5, 5.41) is 5.97. The summed E-state index contributed by atoms with van der Waals surface area (Å²) in [5.74, 6) is 0.890. The first kappa shape index (κ1) is 20.7. The molecule has 1 atom stereocenters. The number of nitrogens with zero attached hydrogens (tertiary/aromatic N) is 2. The first-order valence-electron chi connectivity index (χ1n) is 8.17. The van der Waals surface area contributed by atoms with Crippen LogP contribution in [-0.4, -0.2) is 42.9 Å². The van der Waals surface area contributed by atoms with Crippen LogP contribution in [0.5, 0.6) is 0 Å². The normalized spacial score (nSPS) is 17.9. The number of benzene rings is 1. The lowest BCUT2D eigenvalue weighted by Crippen LogP contribution is -2.46. The first-order chi connectivity index (χ1) is 11.1. The van der Waals surface area contributed by atoms with Crippen molar-refractivity contribution in [3.05, 3.63) is 30.1 Å². The number of aliphatic imine (C=N–C) groups is 1. The summed E-state index contributed by atoms with van der Waals surface area (Å²) >= 11 is 0. The van der Waals surface area contributed by atoms with Gasteiger partial charge in [0.1, 0.15) is 12.4 Å². The maximum absolute atomic E-state index is 12.9. The van der Waals surface area contributed by atoms with Gasteiger partial charge in [-0.25, -0.2) is 9.38 Å². The maximum atomic E-state index is 12.9. The summed E-state index contributed by atoms with van der Waals surface area (Å²) in [5.41, 5.74) is 0.572. The van der Waals surface area contributed by atoms with Crippen LogP contribution in [0.25, 0.3) is 0 Å². The lowest BCUT2D eigenvalue weighted by atomic mass is 10.0. The zero-order chi connectivity index (χ0) is 16.7. The van der Waals surface area contributed by atoms with E-state index in [1.54, 1.807) is 0 Å². The van der Waals surface area contributed by atoms with Gasteiger partial charge < -0.3 is 15.5 Å². The molecule has 2 N–H and O–H groups in total. The fourth-order valence-electron chi connectivity index (χ4n) is 2.69. The van der Waals surface area contributed by atoms with E-state index in [-0.39, 0.29) is 42.2 Å². The Bertz CT molecular complexity index is 550. The van der Waals surface area contributed by atoms with Crippen LogP contribution in [0, 0.1) is 11.7 Å². The molecule has 0 bridgehead atoms. The van der Waals surface area contributed by atoms with E-state index < -0.39 is 0 Å². The first-order valence-corrected chi connectivity index (χ1v) is 8.17. The van der Waals surface area contributed by atoms with E-state index in [0.29, 0.717) is 11.6 Å². The third kappa shape index (κ3) is 6.62. The van der Waals surface area contributed by atoms with Gasteiger partial charge in [0, 0.05) is 25.3 Å². The number of amides is 1. The van der Waals surface area contributed by atoms with E-state index in [4.69, 9.17) is 0 Å². The van der Waals surface area contributed by atoms with Crippen LogP contribution in [0.2, 0.25) is 0 Å². The number of likely N-dealkylation sites (tertiary alicyclic amines) is 1. The number of nitrogens with one attached hydrogen (secondary N) is 2. The van der Waals surface area contributed by atoms with Crippen molar-refractivity contribution < 1.29 is 9.18 Å². The largest absolute Gasteiger partial charge is 0.357 e. The molecule has 134 valence electrons. The zero-order valence-corrected chi connectivity index (χ0v) is 16.5. The lowest BCUT2D eigenvalue weighted by molar-refractivity contribution is -0.114. The van der Waals surface area contributed by atoms with E-state index in [1.165, 1.54) is 30.7 Å². The van der Waals surface area contributed by atoms with Gasteiger partial charge in [-0.2, -0.15) is 0 Å². The minimum Gasteiger partial charge on any atom is -0.357 e. The number of hydrogen-bond donors (Lipinski definition) is 2. The monoisotopic (exact) mass is 448 g/mol. The van der Waals surface area contributed by atoms with Gasteiger partial charge in [-0.05, 0) is 49.9 Å². The van der Waals surface area contributed by atoms with Crippen LogP contribution >= 0.6 is 24.0 Å². The van der Waals surface area contributed by atoms with E-state index in [0.717, 1.165) is 32.0 Å². The lowest BCUT2D eigenvalue weighted by Gasteiger charge is -2.33. The summed E-state index contributed by atoms with van der Waals surface area (Å²) in [6.07, 6.45) is 2.38. The number of guanidine groups is 1. The Hall–Kier alpha value is -1.38. The summed E-state index contributed by atoms with van der Waals surface area (Å²) in [7, 11) is 0. The van der Waals surface area contributed by atoms with E-state index >= 15 is 0 Å². The molecule has 1 amide bonds. The van der Waals surface area contributed by atoms with E-state index in [9.17, 15) is 9.18 Å². The number of piperidine rings is 1. The van der Waals surface area contributed by atoms with Gasteiger partial charge in [-0.15, -0.1) is 24.0 Å². The van der Waals surface area contributed by atoms with Crippen molar-refractivity contribution in [1.82, 2.24) is 10.2 Å². The van der Waals surface area contributed by atoms with Gasteiger partial charge in [0.25, 0.3) is 0 Å². The summed E-state index contributed by atoms with van der Waals surface area (Å²) < 4.78 is 12.9. The number of rotatable bonds is 4. The number of carbonyl (C=O) groups excluding carboxylic acids is 1. The quantitative estimate of drug-likeness (QED) is 0.423. The van der Waals surface area contributed by atoms with Crippen molar-refractivity contribution >= 4 is 41.5 Å². The highest BCUT2D eigenvalue weighted by atomic mass is 127. The Kier molecular flexibility index (Phi) is 9.02. The molecular weight excluding hydrogens is 422 g/mol. The molecule has 1 heterocycles. The predicted molar refractivity (Wildman–Crippen MR) is 106 cm³/mol. The molecule has 7 heteroatoms. The average molecular weight is 448 g/mol. The molecule has 5 nitrogen and oxygen atoms in total. The molecule has 1 aromatic rings. The van der Waals surface area contributed by atoms with Crippen LogP contribution < -0.4 is 10.6 Å². The van der Waals surface area contributed by atoms with Crippen molar-refractivity contribution in [2.24, 2.45) is 10.9 Å². The van der Waals surface area contributed by atoms with Crippen LogP contribution in [0.3, 0.4) is 0 Å². The molecule has 1 aliphatic rings. The SMILES string of the molecule is CCNC(=NCC(=O)Nc1ccc(F)cc1)N1CCCC(C)C1.I. The van der Waals surface area contributed by atoms with Gasteiger partial charge >= 0.3 is 0 Å². The number of hydrogen-bond acceptors (Lipinski definition) is 2. The average Bonchev–Trinajstić information content (AvgIpc) is 2.53. The molecular formula is C17H26FIN4O. The molecule has 24 heavy (non-hydrogen) atoms. The molecule has 1 aliphatic heterocycles. The molecule has 0 radical (unpaired) electrons.